The Morgan fingerprint density at radius 1 is 0.973 bits per heavy atom. The van der Waals surface area contributed by atoms with Gasteiger partial charge in [0.2, 0.25) is 11.8 Å². The van der Waals surface area contributed by atoms with E-state index in [2.05, 4.69) is 60.4 Å². The molecule has 4 heterocycles. The summed E-state index contributed by atoms with van der Waals surface area (Å²) in [5.74, 6) is 1.72. The lowest BCUT2D eigenvalue weighted by atomic mass is 10.1. The molecule has 1 atom stereocenters. The van der Waals surface area contributed by atoms with Gasteiger partial charge in [-0.3, -0.25) is 4.90 Å². The average molecular weight is 655 g/mol. The molecule has 5 rings (SSSR count). The molecule has 0 amide bonds. The Morgan fingerprint density at radius 2 is 1.70 bits per heavy atom. The van der Waals surface area contributed by atoms with Crippen molar-refractivity contribution in [3.05, 3.63) is 58.3 Å². The molecule has 11 heteroatoms. The van der Waals surface area contributed by atoms with E-state index in [1.165, 1.54) is 0 Å². The predicted octanol–water partition coefficient (Wildman–Crippen LogP) is 5.37. The van der Waals surface area contributed by atoms with E-state index in [9.17, 15) is 0 Å². The van der Waals surface area contributed by atoms with Gasteiger partial charge in [0, 0.05) is 67.5 Å². The van der Waals surface area contributed by atoms with Crippen LogP contribution < -0.4 is 9.64 Å². The van der Waals surface area contributed by atoms with Crippen molar-refractivity contribution in [3.63, 3.8) is 0 Å². The topological polar surface area (TPSA) is 66.9 Å². The highest BCUT2D eigenvalue weighted by molar-refractivity contribution is 14.1. The maximum Gasteiger partial charge on any atom is 0.225 e. The molecule has 2 aliphatic heterocycles. The van der Waals surface area contributed by atoms with E-state index in [4.69, 9.17) is 37.7 Å². The quantitative estimate of drug-likeness (QED) is 0.260. The number of benzene rings is 1. The number of hydrogen-bond acceptors (Lipinski definition) is 8. The standard InChI is InChI=1S/C26H29Cl2IN6O2/c1-33-4-6-35(7-5-33)26-30-15-22(16-31-26)37-25-11-18(17-34-3-2-24(29)36-9-8-34)10-23(32-25)19-12-20(27)14-21(28)13-19/h10-16,24H,2-9,17H2,1H3/t24-/m0/s1. The number of piperazine rings is 1. The lowest BCUT2D eigenvalue weighted by Gasteiger charge is -2.32. The third kappa shape index (κ3) is 7.42. The Hall–Kier alpha value is -1.76. The highest BCUT2D eigenvalue weighted by Crippen LogP contribution is 2.30. The molecule has 0 bridgehead atoms. The van der Waals surface area contributed by atoms with Gasteiger partial charge in [0.25, 0.3) is 0 Å². The second kappa shape index (κ2) is 12.4. The molecule has 1 aromatic carbocycles. The second-order valence-corrected chi connectivity index (χ2v) is 11.6. The maximum atomic E-state index is 6.29. The van der Waals surface area contributed by atoms with E-state index in [1.54, 1.807) is 18.5 Å². The van der Waals surface area contributed by atoms with Gasteiger partial charge < -0.3 is 19.3 Å². The fourth-order valence-electron chi connectivity index (χ4n) is 4.41. The molecular formula is C26H29Cl2IN6O2. The van der Waals surface area contributed by atoms with E-state index < -0.39 is 0 Å². The van der Waals surface area contributed by atoms with Gasteiger partial charge in [-0.2, -0.15) is 0 Å². The Kier molecular flexibility index (Phi) is 8.99. The predicted molar refractivity (Wildman–Crippen MR) is 155 cm³/mol. The molecule has 37 heavy (non-hydrogen) atoms. The molecule has 3 aromatic rings. The molecule has 2 fully saturated rings. The first kappa shape index (κ1) is 26.8. The third-order valence-corrected chi connectivity index (χ3v) is 7.85. The Balaban J connectivity index is 1.39. The van der Waals surface area contributed by atoms with Gasteiger partial charge in [-0.15, -0.1) is 0 Å². The highest BCUT2D eigenvalue weighted by atomic mass is 127. The Morgan fingerprint density at radius 3 is 2.43 bits per heavy atom. The number of pyridine rings is 1. The minimum atomic E-state index is 0.247. The summed E-state index contributed by atoms with van der Waals surface area (Å²) in [6.07, 6.45) is 4.40. The summed E-state index contributed by atoms with van der Waals surface area (Å²) < 4.78 is 12.2. The summed E-state index contributed by atoms with van der Waals surface area (Å²) in [5, 5.41) is 1.12. The first-order valence-electron chi connectivity index (χ1n) is 12.3. The summed E-state index contributed by atoms with van der Waals surface area (Å²) in [5.41, 5.74) is 2.65. The SMILES string of the molecule is CN1CCN(c2ncc(Oc3cc(CN4CCO[C@H](I)CC4)cc(-c4cc(Cl)cc(Cl)c4)n3)cn2)CC1. The first-order valence-corrected chi connectivity index (χ1v) is 14.3. The van der Waals surface area contributed by atoms with E-state index in [1.807, 2.05) is 18.2 Å². The summed E-state index contributed by atoms with van der Waals surface area (Å²) in [4.78, 5) is 20.7. The lowest BCUT2D eigenvalue weighted by Crippen LogP contribution is -2.45. The number of aromatic nitrogens is 3. The van der Waals surface area contributed by atoms with Crippen molar-refractivity contribution in [1.29, 1.82) is 0 Å². The van der Waals surface area contributed by atoms with Crippen molar-refractivity contribution in [2.24, 2.45) is 0 Å². The zero-order chi connectivity index (χ0) is 25.8. The van der Waals surface area contributed by atoms with Crippen LogP contribution in [-0.2, 0) is 11.3 Å². The van der Waals surface area contributed by atoms with Crippen LogP contribution >= 0.6 is 45.8 Å². The van der Waals surface area contributed by atoms with Gasteiger partial charge >= 0.3 is 0 Å². The van der Waals surface area contributed by atoms with Gasteiger partial charge in [0.1, 0.15) is 4.11 Å². The van der Waals surface area contributed by atoms with Crippen LogP contribution in [0.1, 0.15) is 12.0 Å². The molecule has 0 N–H and O–H groups in total. The zero-order valence-electron chi connectivity index (χ0n) is 20.6. The van der Waals surface area contributed by atoms with Crippen molar-refractivity contribution in [1.82, 2.24) is 24.8 Å². The summed E-state index contributed by atoms with van der Waals surface area (Å²) >= 11 is 14.9. The van der Waals surface area contributed by atoms with Crippen LogP contribution in [0.15, 0.2) is 42.7 Å². The van der Waals surface area contributed by atoms with Gasteiger partial charge in [-0.05, 0) is 43.3 Å². The van der Waals surface area contributed by atoms with Crippen LogP contribution in [-0.4, -0.2) is 81.8 Å². The van der Waals surface area contributed by atoms with Crippen LogP contribution in [0.2, 0.25) is 10.0 Å². The van der Waals surface area contributed by atoms with Crippen molar-refractivity contribution in [2.75, 3.05) is 57.8 Å². The highest BCUT2D eigenvalue weighted by Gasteiger charge is 2.18. The van der Waals surface area contributed by atoms with Crippen LogP contribution in [0, 0.1) is 0 Å². The number of ether oxygens (including phenoxy) is 2. The summed E-state index contributed by atoms with van der Waals surface area (Å²) in [7, 11) is 2.13. The molecule has 0 saturated carbocycles. The van der Waals surface area contributed by atoms with Crippen molar-refractivity contribution in [3.8, 4) is 22.9 Å². The van der Waals surface area contributed by atoms with Crippen LogP contribution in [0.25, 0.3) is 11.3 Å². The number of nitrogens with zero attached hydrogens (tertiary/aromatic N) is 6. The number of likely N-dealkylation sites (N-methyl/N-ethyl adjacent to an activating group) is 1. The van der Waals surface area contributed by atoms with E-state index >= 15 is 0 Å². The molecule has 2 aromatic heterocycles. The molecule has 2 saturated heterocycles. The largest absolute Gasteiger partial charge is 0.436 e. The van der Waals surface area contributed by atoms with E-state index in [-0.39, 0.29) is 4.11 Å². The zero-order valence-corrected chi connectivity index (χ0v) is 24.3. The van der Waals surface area contributed by atoms with Crippen LogP contribution in [0.3, 0.4) is 0 Å². The minimum Gasteiger partial charge on any atom is -0.436 e. The van der Waals surface area contributed by atoms with Crippen LogP contribution in [0.5, 0.6) is 11.6 Å². The minimum absolute atomic E-state index is 0.247. The molecule has 0 radical (unpaired) electrons. The molecule has 196 valence electrons. The van der Waals surface area contributed by atoms with Gasteiger partial charge in [-0.1, -0.05) is 45.8 Å². The monoisotopic (exact) mass is 654 g/mol. The first-order chi connectivity index (χ1) is 17.9. The van der Waals surface area contributed by atoms with Crippen LogP contribution in [0.4, 0.5) is 5.95 Å². The van der Waals surface area contributed by atoms with E-state index in [0.29, 0.717) is 27.6 Å². The number of rotatable bonds is 6. The molecule has 2 aliphatic rings. The lowest BCUT2D eigenvalue weighted by molar-refractivity contribution is 0.128. The molecule has 0 aliphatic carbocycles. The van der Waals surface area contributed by atoms with Crippen molar-refractivity contribution < 1.29 is 9.47 Å². The number of halogens is 3. The molecule has 8 nitrogen and oxygen atoms in total. The summed E-state index contributed by atoms with van der Waals surface area (Å²) in [6.45, 7) is 7.12. The Bertz CT molecular complexity index is 1190. The normalized spacial score (nSPS) is 19.6. The number of anilines is 1. The smallest absolute Gasteiger partial charge is 0.225 e. The average Bonchev–Trinajstić information content (AvgIpc) is 3.08. The van der Waals surface area contributed by atoms with Gasteiger partial charge in [0.05, 0.1) is 24.7 Å². The van der Waals surface area contributed by atoms with Crippen molar-refractivity contribution in [2.45, 2.75) is 17.1 Å². The third-order valence-electron chi connectivity index (χ3n) is 6.43. The maximum absolute atomic E-state index is 6.29. The summed E-state index contributed by atoms with van der Waals surface area (Å²) in [6, 6.07) is 9.47. The van der Waals surface area contributed by atoms with Gasteiger partial charge in [-0.25, -0.2) is 15.0 Å². The van der Waals surface area contributed by atoms with Crippen molar-refractivity contribution >= 4 is 51.7 Å². The fourth-order valence-corrected chi connectivity index (χ4v) is 5.47. The molecule has 0 unspecified atom stereocenters. The number of alkyl halides is 1. The second-order valence-electron chi connectivity index (χ2n) is 9.31. The Labute approximate surface area is 241 Å². The van der Waals surface area contributed by atoms with E-state index in [0.717, 1.165) is 75.7 Å². The fraction of sp³-hybridized carbons (Fsp3) is 0.423. The van der Waals surface area contributed by atoms with Gasteiger partial charge in [0.15, 0.2) is 5.75 Å². The number of hydrogen-bond donors (Lipinski definition) is 0. The molecular weight excluding hydrogens is 626 g/mol. The molecule has 0 spiro atoms.